The zero-order valence-corrected chi connectivity index (χ0v) is 17.2. The van der Waals surface area contributed by atoms with Crippen LogP contribution in [0.2, 0.25) is 0 Å². The standard InChI is InChI=1S/C19H23N3O6S/c1-14-7-9-18(10-8-14)28-12-11-20-19(23)15(2)21(29(3,26)27)16-5-4-6-17(13-16)22(24)25/h4-10,13,15H,11-12H2,1-3H3,(H,20,23). The predicted octanol–water partition coefficient (Wildman–Crippen LogP) is 2.25. The van der Waals surface area contributed by atoms with Gasteiger partial charge in [-0.05, 0) is 32.0 Å². The Labute approximate surface area is 169 Å². The second kappa shape index (κ2) is 9.37. The number of amides is 1. The number of non-ortho nitro benzene ring substituents is 1. The van der Waals surface area contributed by atoms with Crippen molar-refractivity contribution in [2.45, 2.75) is 19.9 Å². The van der Waals surface area contributed by atoms with Crippen LogP contribution in [0.25, 0.3) is 0 Å². The van der Waals surface area contributed by atoms with Gasteiger partial charge in [-0.15, -0.1) is 0 Å². The molecule has 0 saturated heterocycles. The van der Waals surface area contributed by atoms with E-state index in [4.69, 9.17) is 4.74 Å². The zero-order valence-electron chi connectivity index (χ0n) is 16.4. The number of carbonyl (C=O) groups excluding carboxylic acids is 1. The van der Waals surface area contributed by atoms with Gasteiger partial charge in [-0.3, -0.25) is 19.2 Å². The topological polar surface area (TPSA) is 119 Å². The average Bonchev–Trinajstić information content (AvgIpc) is 2.65. The summed E-state index contributed by atoms with van der Waals surface area (Å²) in [6, 6.07) is 11.5. The lowest BCUT2D eigenvalue weighted by Crippen LogP contribution is -2.48. The number of nitro groups is 1. The number of aryl methyl sites for hydroxylation is 1. The van der Waals surface area contributed by atoms with Crippen LogP contribution in [0, 0.1) is 17.0 Å². The SMILES string of the molecule is Cc1ccc(OCCNC(=O)C(C)N(c2cccc([N+](=O)[O-])c2)S(C)(=O)=O)cc1. The van der Waals surface area contributed by atoms with E-state index in [1.54, 1.807) is 0 Å². The summed E-state index contributed by atoms with van der Waals surface area (Å²) in [4.78, 5) is 22.8. The first-order valence-electron chi connectivity index (χ1n) is 8.80. The van der Waals surface area contributed by atoms with E-state index in [9.17, 15) is 23.3 Å². The van der Waals surface area contributed by atoms with Crippen molar-refractivity contribution < 1.29 is 22.9 Å². The second-order valence-electron chi connectivity index (χ2n) is 6.46. The van der Waals surface area contributed by atoms with Gasteiger partial charge in [0.05, 0.1) is 23.4 Å². The molecule has 0 aliphatic carbocycles. The normalized spacial score (nSPS) is 12.1. The van der Waals surface area contributed by atoms with E-state index in [2.05, 4.69) is 5.32 Å². The lowest BCUT2D eigenvalue weighted by molar-refractivity contribution is -0.384. The number of ether oxygens (including phenoxy) is 1. The molecule has 1 amide bonds. The number of nitro benzene ring substituents is 1. The van der Waals surface area contributed by atoms with E-state index >= 15 is 0 Å². The fourth-order valence-electron chi connectivity index (χ4n) is 2.68. The number of benzene rings is 2. The highest BCUT2D eigenvalue weighted by atomic mass is 32.2. The summed E-state index contributed by atoms with van der Waals surface area (Å²) in [6.07, 6.45) is 0.941. The summed E-state index contributed by atoms with van der Waals surface area (Å²) in [5.74, 6) is 0.113. The molecule has 0 aliphatic rings. The molecule has 0 heterocycles. The molecular weight excluding hydrogens is 398 g/mol. The summed E-state index contributed by atoms with van der Waals surface area (Å²) in [5, 5.41) is 13.6. The smallest absolute Gasteiger partial charge is 0.271 e. The van der Waals surface area contributed by atoms with Gasteiger partial charge in [0, 0.05) is 12.1 Å². The molecule has 0 aromatic heterocycles. The lowest BCUT2D eigenvalue weighted by atomic mass is 10.2. The molecule has 0 radical (unpaired) electrons. The monoisotopic (exact) mass is 421 g/mol. The number of sulfonamides is 1. The zero-order chi connectivity index (χ0) is 21.6. The Morgan fingerprint density at radius 1 is 1.24 bits per heavy atom. The third-order valence-corrected chi connectivity index (χ3v) is 5.32. The molecule has 1 unspecified atom stereocenters. The molecule has 0 spiro atoms. The van der Waals surface area contributed by atoms with E-state index in [1.807, 2.05) is 31.2 Å². The van der Waals surface area contributed by atoms with Gasteiger partial charge in [0.2, 0.25) is 15.9 Å². The van der Waals surface area contributed by atoms with E-state index in [1.165, 1.54) is 25.1 Å². The molecule has 0 saturated carbocycles. The Morgan fingerprint density at radius 3 is 2.48 bits per heavy atom. The highest BCUT2D eigenvalue weighted by Gasteiger charge is 2.29. The molecule has 2 aromatic carbocycles. The molecule has 0 bridgehead atoms. The molecule has 2 aromatic rings. The fourth-order valence-corrected chi connectivity index (χ4v) is 3.84. The molecule has 156 valence electrons. The van der Waals surface area contributed by atoms with Gasteiger partial charge in [-0.2, -0.15) is 0 Å². The summed E-state index contributed by atoms with van der Waals surface area (Å²) >= 11 is 0. The van der Waals surface area contributed by atoms with Crippen molar-refractivity contribution in [1.29, 1.82) is 0 Å². The van der Waals surface area contributed by atoms with E-state index in [0.29, 0.717) is 5.75 Å². The first kappa shape index (κ1) is 22.2. The van der Waals surface area contributed by atoms with Crippen LogP contribution >= 0.6 is 0 Å². The minimum absolute atomic E-state index is 0.0419. The predicted molar refractivity (Wildman–Crippen MR) is 110 cm³/mol. The van der Waals surface area contributed by atoms with E-state index in [0.717, 1.165) is 22.2 Å². The lowest BCUT2D eigenvalue weighted by Gasteiger charge is -2.28. The van der Waals surface area contributed by atoms with Crippen molar-refractivity contribution in [3.63, 3.8) is 0 Å². The van der Waals surface area contributed by atoms with Crippen LogP contribution in [0.4, 0.5) is 11.4 Å². The van der Waals surface area contributed by atoms with Crippen molar-refractivity contribution in [3.8, 4) is 5.75 Å². The van der Waals surface area contributed by atoms with Crippen molar-refractivity contribution in [1.82, 2.24) is 5.32 Å². The largest absolute Gasteiger partial charge is 0.492 e. The summed E-state index contributed by atoms with van der Waals surface area (Å²) in [6.45, 7) is 3.75. The molecule has 10 heteroatoms. The Bertz CT molecular complexity index is 976. The molecule has 0 fully saturated rings. The van der Waals surface area contributed by atoms with Crippen molar-refractivity contribution >= 4 is 27.3 Å². The van der Waals surface area contributed by atoms with Gasteiger partial charge in [0.1, 0.15) is 18.4 Å². The maximum atomic E-state index is 12.5. The van der Waals surface area contributed by atoms with Crippen LogP contribution in [-0.2, 0) is 14.8 Å². The third kappa shape index (κ3) is 6.18. The highest BCUT2D eigenvalue weighted by molar-refractivity contribution is 7.92. The quantitative estimate of drug-likeness (QED) is 0.377. The van der Waals surface area contributed by atoms with Gasteiger partial charge in [-0.1, -0.05) is 23.8 Å². The van der Waals surface area contributed by atoms with Crippen LogP contribution < -0.4 is 14.4 Å². The molecule has 9 nitrogen and oxygen atoms in total. The molecule has 0 aliphatic heterocycles. The number of nitrogens with zero attached hydrogens (tertiary/aromatic N) is 2. The van der Waals surface area contributed by atoms with Crippen LogP contribution in [0.3, 0.4) is 0 Å². The molecule has 1 N–H and O–H groups in total. The average molecular weight is 421 g/mol. The van der Waals surface area contributed by atoms with Crippen molar-refractivity contribution in [3.05, 3.63) is 64.2 Å². The third-order valence-electron chi connectivity index (χ3n) is 4.07. The molecule has 29 heavy (non-hydrogen) atoms. The van der Waals surface area contributed by atoms with Crippen LogP contribution in [0.5, 0.6) is 5.75 Å². The van der Waals surface area contributed by atoms with Crippen LogP contribution in [0.1, 0.15) is 12.5 Å². The maximum Gasteiger partial charge on any atom is 0.271 e. The highest BCUT2D eigenvalue weighted by Crippen LogP contribution is 2.25. The second-order valence-corrected chi connectivity index (χ2v) is 8.32. The summed E-state index contributed by atoms with van der Waals surface area (Å²) in [7, 11) is -3.86. The van der Waals surface area contributed by atoms with Gasteiger partial charge in [-0.25, -0.2) is 8.42 Å². The van der Waals surface area contributed by atoms with Gasteiger partial charge < -0.3 is 10.1 Å². The molecule has 2 rings (SSSR count). The Morgan fingerprint density at radius 2 is 1.90 bits per heavy atom. The Balaban J connectivity index is 2.04. The van der Waals surface area contributed by atoms with Crippen molar-refractivity contribution in [2.75, 3.05) is 23.7 Å². The number of rotatable bonds is 9. The molecule has 1 atom stereocenters. The minimum atomic E-state index is -3.86. The first-order valence-corrected chi connectivity index (χ1v) is 10.7. The Hall–Kier alpha value is -3.14. The van der Waals surface area contributed by atoms with Gasteiger partial charge >= 0.3 is 0 Å². The van der Waals surface area contributed by atoms with Crippen LogP contribution in [-0.4, -0.2) is 44.7 Å². The van der Waals surface area contributed by atoms with E-state index < -0.39 is 26.9 Å². The first-order chi connectivity index (χ1) is 13.6. The number of hydrogen-bond donors (Lipinski definition) is 1. The fraction of sp³-hybridized carbons (Fsp3) is 0.316. The number of hydrogen-bond acceptors (Lipinski definition) is 6. The number of carbonyl (C=O) groups is 1. The van der Waals surface area contributed by atoms with E-state index in [-0.39, 0.29) is 24.5 Å². The number of anilines is 1. The summed E-state index contributed by atoms with van der Waals surface area (Å²) in [5.41, 5.74) is 0.872. The van der Waals surface area contributed by atoms with Gasteiger partial charge in [0.25, 0.3) is 5.69 Å². The summed E-state index contributed by atoms with van der Waals surface area (Å²) < 4.78 is 30.9. The van der Waals surface area contributed by atoms with Crippen molar-refractivity contribution in [2.24, 2.45) is 0 Å². The molecular formula is C19H23N3O6S. The Kier molecular flexibility index (Phi) is 7.16. The van der Waals surface area contributed by atoms with Crippen LogP contribution in [0.15, 0.2) is 48.5 Å². The minimum Gasteiger partial charge on any atom is -0.492 e. The van der Waals surface area contributed by atoms with Gasteiger partial charge in [0.15, 0.2) is 0 Å². The maximum absolute atomic E-state index is 12.5. The number of nitrogens with one attached hydrogen (secondary N) is 1.